The molecule has 0 radical (unpaired) electrons. The van der Waals surface area contributed by atoms with Gasteiger partial charge in [-0.05, 0) is 81.5 Å². The van der Waals surface area contributed by atoms with Gasteiger partial charge >= 0.3 is 0 Å². The SMILES string of the molecule is Cc1ccc(N=Cc2cc(Br)cc(Br)c2OCc2cccc3ccccc23)cc1C. The van der Waals surface area contributed by atoms with Crippen molar-refractivity contribution in [2.24, 2.45) is 4.99 Å². The first-order chi connectivity index (χ1) is 14.5. The number of aliphatic imine (C=N–C) groups is 1. The van der Waals surface area contributed by atoms with E-state index in [4.69, 9.17) is 4.74 Å². The number of aryl methyl sites for hydroxylation is 2. The maximum atomic E-state index is 6.29. The van der Waals surface area contributed by atoms with Crippen LogP contribution in [0.25, 0.3) is 10.8 Å². The second kappa shape index (κ2) is 9.15. The minimum atomic E-state index is 0.478. The smallest absolute Gasteiger partial charge is 0.142 e. The number of halogens is 2. The molecular weight excluding hydrogens is 502 g/mol. The number of rotatable bonds is 5. The summed E-state index contributed by atoms with van der Waals surface area (Å²) in [4.78, 5) is 4.68. The average molecular weight is 523 g/mol. The monoisotopic (exact) mass is 521 g/mol. The van der Waals surface area contributed by atoms with E-state index in [2.05, 4.69) is 105 Å². The van der Waals surface area contributed by atoms with Crippen molar-refractivity contribution in [3.05, 3.63) is 104 Å². The molecule has 0 saturated carbocycles. The number of fused-ring (bicyclic) bond motifs is 1. The van der Waals surface area contributed by atoms with Crippen molar-refractivity contribution in [3.8, 4) is 5.75 Å². The van der Waals surface area contributed by atoms with Crippen LogP contribution in [0, 0.1) is 13.8 Å². The van der Waals surface area contributed by atoms with Gasteiger partial charge in [-0.15, -0.1) is 0 Å². The lowest BCUT2D eigenvalue weighted by atomic mass is 10.1. The average Bonchev–Trinajstić information content (AvgIpc) is 2.74. The Balaban J connectivity index is 1.64. The number of benzene rings is 4. The van der Waals surface area contributed by atoms with Crippen LogP contribution in [0.2, 0.25) is 0 Å². The summed E-state index contributed by atoms with van der Waals surface area (Å²) in [6.07, 6.45) is 1.86. The molecule has 0 bridgehead atoms. The highest BCUT2D eigenvalue weighted by molar-refractivity contribution is 9.11. The van der Waals surface area contributed by atoms with E-state index in [1.165, 1.54) is 21.9 Å². The summed E-state index contributed by atoms with van der Waals surface area (Å²) >= 11 is 7.23. The fraction of sp³-hybridized carbons (Fsp3) is 0.115. The van der Waals surface area contributed by atoms with Crippen molar-refractivity contribution in [1.82, 2.24) is 0 Å². The molecule has 150 valence electrons. The molecule has 0 heterocycles. The highest BCUT2D eigenvalue weighted by Gasteiger charge is 2.11. The summed E-state index contributed by atoms with van der Waals surface area (Å²) in [5.41, 5.74) is 5.48. The van der Waals surface area contributed by atoms with Crippen LogP contribution < -0.4 is 4.74 Å². The quantitative estimate of drug-likeness (QED) is 0.241. The van der Waals surface area contributed by atoms with Crippen molar-refractivity contribution in [2.45, 2.75) is 20.5 Å². The zero-order valence-electron chi connectivity index (χ0n) is 16.8. The predicted octanol–water partition coefficient (Wildman–Crippen LogP) is 8.31. The van der Waals surface area contributed by atoms with Gasteiger partial charge in [0.2, 0.25) is 0 Å². The Kier molecular flexibility index (Phi) is 6.35. The molecule has 0 amide bonds. The van der Waals surface area contributed by atoms with E-state index in [1.54, 1.807) is 0 Å². The topological polar surface area (TPSA) is 21.6 Å². The second-order valence-electron chi connectivity index (χ2n) is 7.26. The Labute approximate surface area is 193 Å². The Morgan fingerprint density at radius 1 is 0.867 bits per heavy atom. The molecule has 0 aromatic heterocycles. The van der Waals surface area contributed by atoms with Crippen LogP contribution in [-0.2, 0) is 6.61 Å². The third-order valence-corrected chi connectivity index (χ3v) is 6.18. The van der Waals surface area contributed by atoms with Crippen LogP contribution >= 0.6 is 31.9 Å². The molecule has 0 N–H and O–H groups in total. The summed E-state index contributed by atoms with van der Waals surface area (Å²) < 4.78 is 8.14. The summed E-state index contributed by atoms with van der Waals surface area (Å²) in [5.74, 6) is 0.777. The molecule has 4 aromatic carbocycles. The van der Waals surface area contributed by atoms with Gasteiger partial charge in [0.05, 0.1) is 10.2 Å². The fourth-order valence-corrected chi connectivity index (χ4v) is 4.72. The first kappa shape index (κ1) is 20.8. The Morgan fingerprint density at radius 3 is 2.50 bits per heavy atom. The van der Waals surface area contributed by atoms with Crippen LogP contribution in [0.5, 0.6) is 5.75 Å². The molecule has 0 fully saturated rings. The number of hydrogen-bond donors (Lipinski definition) is 0. The van der Waals surface area contributed by atoms with Gasteiger partial charge in [0.25, 0.3) is 0 Å². The second-order valence-corrected chi connectivity index (χ2v) is 9.03. The van der Waals surface area contributed by atoms with Gasteiger partial charge < -0.3 is 4.74 Å². The zero-order chi connectivity index (χ0) is 21.1. The van der Waals surface area contributed by atoms with Crippen molar-refractivity contribution < 1.29 is 4.74 Å². The summed E-state index contributed by atoms with van der Waals surface area (Å²) in [5, 5.41) is 2.42. The van der Waals surface area contributed by atoms with Gasteiger partial charge in [-0.25, -0.2) is 0 Å². The molecule has 0 unspecified atom stereocenters. The van der Waals surface area contributed by atoms with Crippen LogP contribution in [0.1, 0.15) is 22.3 Å². The van der Waals surface area contributed by atoms with E-state index in [-0.39, 0.29) is 0 Å². The van der Waals surface area contributed by atoms with Gasteiger partial charge in [0, 0.05) is 16.3 Å². The molecule has 0 atom stereocenters. The number of hydrogen-bond acceptors (Lipinski definition) is 2. The molecule has 2 nitrogen and oxygen atoms in total. The summed E-state index contributed by atoms with van der Waals surface area (Å²) in [6.45, 7) is 4.68. The third-order valence-electron chi connectivity index (χ3n) is 5.13. The zero-order valence-corrected chi connectivity index (χ0v) is 20.0. The molecule has 0 saturated heterocycles. The molecule has 4 rings (SSSR count). The molecule has 0 aliphatic heterocycles. The molecule has 0 aliphatic carbocycles. The molecule has 4 aromatic rings. The Morgan fingerprint density at radius 2 is 1.67 bits per heavy atom. The third kappa shape index (κ3) is 4.66. The van der Waals surface area contributed by atoms with Crippen molar-refractivity contribution in [1.29, 1.82) is 0 Å². The minimum Gasteiger partial charge on any atom is -0.487 e. The van der Waals surface area contributed by atoms with Gasteiger partial charge in [-0.1, -0.05) is 64.5 Å². The molecule has 30 heavy (non-hydrogen) atoms. The van der Waals surface area contributed by atoms with Crippen LogP contribution in [0.4, 0.5) is 5.69 Å². The predicted molar refractivity (Wildman–Crippen MR) is 133 cm³/mol. The minimum absolute atomic E-state index is 0.478. The lowest BCUT2D eigenvalue weighted by Gasteiger charge is -2.13. The van der Waals surface area contributed by atoms with Crippen LogP contribution in [0.15, 0.2) is 86.7 Å². The fourth-order valence-electron chi connectivity index (χ4n) is 3.35. The van der Waals surface area contributed by atoms with Crippen LogP contribution in [-0.4, -0.2) is 6.21 Å². The molecule has 0 spiro atoms. The van der Waals surface area contributed by atoms with Crippen molar-refractivity contribution >= 4 is 54.5 Å². The Bertz CT molecular complexity index is 1240. The first-order valence-electron chi connectivity index (χ1n) is 9.71. The summed E-state index contributed by atoms with van der Waals surface area (Å²) in [6, 6.07) is 24.9. The van der Waals surface area contributed by atoms with E-state index < -0.39 is 0 Å². The highest BCUT2D eigenvalue weighted by Crippen LogP contribution is 2.33. The molecule has 0 aliphatic rings. The van der Waals surface area contributed by atoms with E-state index in [1.807, 2.05) is 24.4 Å². The van der Waals surface area contributed by atoms with Gasteiger partial charge in [0.1, 0.15) is 12.4 Å². The van der Waals surface area contributed by atoms with E-state index in [0.717, 1.165) is 31.5 Å². The van der Waals surface area contributed by atoms with Crippen molar-refractivity contribution in [2.75, 3.05) is 0 Å². The normalized spacial score (nSPS) is 11.3. The van der Waals surface area contributed by atoms with Gasteiger partial charge in [0.15, 0.2) is 0 Å². The van der Waals surface area contributed by atoms with Crippen molar-refractivity contribution in [3.63, 3.8) is 0 Å². The van der Waals surface area contributed by atoms with E-state index in [0.29, 0.717) is 6.61 Å². The number of ether oxygens (including phenoxy) is 1. The van der Waals surface area contributed by atoms with Gasteiger partial charge in [-0.2, -0.15) is 0 Å². The van der Waals surface area contributed by atoms with Gasteiger partial charge in [-0.3, -0.25) is 4.99 Å². The largest absolute Gasteiger partial charge is 0.487 e. The van der Waals surface area contributed by atoms with E-state index in [9.17, 15) is 0 Å². The maximum Gasteiger partial charge on any atom is 0.142 e. The lowest BCUT2D eigenvalue weighted by Crippen LogP contribution is -2.00. The Hall–Kier alpha value is -2.43. The molecule has 4 heteroatoms. The highest BCUT2D eigenvalue weighted by atomic mass is 79.9. The summed E-state index contributed by atoms with van der Waals surface area (Å²) in [7, 11) is 0. The van der Waals surface area contributed by atoms with Crippen LogP contribution in [0.3, 0.4) is 0 Å². The first-order valence-corrected chi connectivity index (χ1v) is 11.3. The standard InChI is InChI=1S/C26H21Br2NO/c1-17-10-11-23(12-18(17)2)29-15-21-13-22(27)14-25(28)26(21)30-16-20-8-5-7-19-6-3-4-9-24(19)20/h3-15H,16H2,1-2H3. The van der Waals surface area contributed by atoms with E-state index >= 15 is 0 Å². The lowest BCUT2D eigenvalue weighted by molar-refractivity contribution is 0.305. The molecular formula is C26H21Br2NO. The number of nitrogens with zero attached hydrogens (tertiary/aromatic N) is 1. The maximum absolute atomic E-state index is 6.29.